The second-order valence-corrected chi connectivity index (χ2v) is 4.95. The van der Waals surface area contributed by atoms with Gasteiger partial charge in [-0.05, 0) is 36.4 Å². The van der Waals surface area contributed by atoms with E-state index in [2.05, 4.69) is 22.0 Å². The molecule has 1 amide bonds. The Morgan fingerprint density at radius 1 is 1.21 bits per heavy atom. The molecule has 2 rings (SSSR count). The van der Waals surface area contributed by atoms with Crippen LogP contribution in [-0.2, 0) is 0 Å². The smallest absolute Gasteiger partial charge is 0.258 e. The Hall–Kier alpha value is -2.12. The van der Waals surface area contributed by atoms with Gasteiger partial charge in [0.1, 0.15) is 0 Å². The number of amides is 1. The number of carbonyl (C=O) groups excluding carboxylic acids is 1. The normalized spacial score (nSPS) is 9.74. The number of rotatable bonds is 2. The molecule has 0 aromatic heterocycles. The second kappa shape index (κ2) is 5.68. The summed E-state index contributed by atoms with van der Waals surface area (Å²) in [6.07, 6.45) is 0. The molecule has 0 radical (unpaired) electrons. The number of halogens is 1. The lowest BCUT2D eigenvalue weighted by Crippen LogP contribution is -2.26. The maximum absolute atomic E-state index is 12.3. The van der Waals surface area contributed by atoms with Crippen molar-refractivity contribution in [2.75, 3.05) is 11.9 Å². The Morgan fingerprint density at radius 2 is 1.95 bits per heavy atom. The third kappa shape index (κ3) is 3.01. The minimum absolute atomic E-state index is 0.114. The third-order valence-corrected chi connectivity index (χ3v) is 3.23. The molecule has 19 heavy (non-hydrogen) atoms. The van der Waals surface area contributed by atoms with Crippen LogP contribution < -0.4 is 4.90 Å². The fraction of sp³-hybridized carbons (Fsp3) is 0.0667. The minimum atomic E-state index is -0.114. The Bertz CT molecular complexity index is 661. The molecule has 2 aromatic carbocycles. The number of nitriles is 1. The molecule has 2 aromatic rings. The first-order chi connectivity index (χ1) is 9.11. The SMILES string of the molecule is CN(C(=O)c1cccc(Br)c1)c1cccc(C#N)c1. The van der Waals surface area contributed by atoms with Crippen LogP contribution in [0.1, 0.15) is 15.9 Å². The summed E-state index contributed by atoms with van der Waals surface area (Å²) in [4.78, 5) is 13.8. The molecule has 0 saturated carbocycles. The van der Waals surface area contributed by atoms with Gasteiger partial charge in [0.2, 0.25) is 0 Å². The van der Waals surface area contributed by atoms with Gasteiger partial charge in [0.15, 0.2) is 0 Å². The maximum Gasteiger partial charge on any atom is 0.258 e. The number of benzene rings is 2. The lowest BCUT2D eigenvalue weighted by molar-refractivity contribution is 0.0993. The molecule has 0 heterocycles. The largest absolute Gasteiger partial charge is 0.311 e. The average Bonchev–Trinajstić information content (AvgIpc) is 2.45. The van der Waals surface area contributed by atoms with Crippen molar-refractivity contribution >= 4 is 27.5 Å². The van der Waals surface area contributed by atoms with E-state index in [1.54, 1.807) is 43.4 Å². The van der Waals surface area contributed by atoms with E-state index < -0.39 is 0 Å². The van der Waals surface area contributed by atoms with E-state index in [-0.39, 0.29) is 5.91 Å². The summed E-state index contributed by atoms with van der Waals surface area (Å²) in [7, 11) is 1.69. The highest BCUT2D eigenvalue weighted by Gasteiger charge is 2.13. The molecular formula is C15H11BrN2O. The summed E-state index contributed by atoms with van der Waals surface area (Å²) in [6, 6.07) is 16.2. The van der Waals surface area contributed by atoms with E-state index in [0.717, 1.165) is 4.47 Å². The van der Waals surface area contributed by atoms with Crippen molar-refractivity contribution in [2.45, 2.75) is 0 Å². The van der Waals surface area contributed by atoms with Gasteiger partial charge in [0.25, 0.3) is 5.91 Å². The molecular weight excluding hydrogens is 304 g/mol. The van der Waals surface area contributed by atoms with E-state index in [4.69, 9.17) is 5.26 Å². The molecule has 0 aliphatic heterocycles. The fourth-order valence-electron chi connectivity index (χ4n) is 1.72. The van der Waals surface area contributed by atoms with Gasteiger partial charge in [-0.3, -0.25) is 4.79 Å². The molecule has 0 aliphatic carbocycles. The molecule has 4 heteroatoms. The third-order valence-electron chi connectivity index (χ3n) is 2.74. The van der Waals surface area contributed by atoms with Crippen molar-refractivity contribution in [2.24, 2.45) is 0 Å². The minimum Gasteiger partial charge on any atom is -0.311 e. The van der Waals surface area contributed by atoms with Crippen LogP contribution in [0.4, 0.5) is 5.69 Å². The highest BCUT2D eigenvalue weighted by atomic mass is 79.9. The van der Waals surface area contributed by atoms with E-state index in [0.29, 0.717) is 16.8 Å². The first-order valence-electron chi connectivity index (χ1n) is 5.65. The van der Waals surface area contributed by atoms with Crippen molar-refractivity contribution in [3.8, 4) is 6.07 Å². The Morgan fingerprint density at radius 3 is 2.63 bits per heavy atom. The summed E-state index contributed by atoms with van der Waals surface area (Å²) in [5.74, 6) is -0.114. The van der Waals surface area contributed by atoms with Crippen molar-refractivity contribution in [3.05, 3.63) is 64.1 Å². The molecule has 0 N–H and O–H groups in total. The van der Waals surface area contributed by atoms with E-state index in [1.807, 2.05) is 12.1 Å². The lowest BCUT2D eigenvalue weighted by Gasteiger charge is -2.17. The zero-order valence-corrected chi connectivity index (χ0v) is 11.9. The van der Waals surface area contributed by atoms with Gasteiger partial charge in [0.05, 0.1) is 11.6 Å². The van der Waals surface area contributed by atoms with Crippen molar-refractivity contribution in [1.82, 2.24) is 0 Å². The van der Waals surface area contributed by atoms with Gasteiger partial charge < -0.3 is 4.90 Å². The fourth-order valence-corrected chi connectivity index (χ4v) is 2.12. The summed E-state index contributed by atoms with van der Waals surface area (Å²) in [6.45, 7) is 0. The second-order valence-electron chi connectivity index (χ2n) is 4.04. The topological polar surface area (TPSA) is 44.1 Å². The van der Waals surface area contributed by atoms with Crippen LogP contribution in [0.3, 0.4) is 0 Å². The van der Waals surface area contributed by atoms with E-state index >= 15 is 0 Å². The van der Waals surface area contributed by atoms with Gasteiger partial charge in [-0.2, -0.15) is 5.26 Å². The molecule has 0 fully saturated rings. The highest BCUT2D eigenvalue weighted by molar-refractivity contribution is 9.10. The monoisotopic (exact) mass is 314 g/mol. The Labute approximate surface area is 120 Å². The number of hydrogen-bond acceptors (Lipinski definition) is 2. The highest BCUT2D eigenvalue weighted by Crippen LogP contribution is 2.19. The summed E-state index contributed by atoms with van der Waals surface area (Å²) in [5, 5.41) is 8.88. The van der Waals surface area contributed by atoms with Gasteiger partial charge in [-0.25, -0.2) is 0 Å². The maximum atomic E-state index is 12.3. The van der Waals surface area contributed by atoms with Crippen molar-refractivity contribution in [1.29, 1.82) is 5.26 Å². The molecule has 0 bridgehead atoms. The average molecular weight is 315 g/mol. The van der Waals surface area contributed by atoms with Gasteiger partial charge >= 0.3 is 0 Å². The number of hydrogen-bond donors (Lipinski definition) is 0. The van der Waals surface area contributed by atoms with Crippen LogP contribution in [-0.4, -0.2) is 13.0 Å². The zero-order chi connectivity index (χ0) is 13.8. The van der Waals surface area contributed by atoms with Gasteiger partial charge in [0, 0.05) is 22.8 Å². The standard InChI is InChI=1S/C15H11BrN2O/c1-18(14-7-2-4-11(8-14)10-17)15(19)12-5-3-6-13(16)9-12/h2-9H,1H3. The predicted octanol–water partition coefficient (Wildman–Crippen LogP) is 3.60. The first kappa shape index (κ1) is 13.3. The Kier molecular flexibility index (Phi) is 3.98. The van der Waals surface area contributed by atoms with Gasteiger partial charge in [-0.15, -0.1) is 0 Å². The van der Waals surface area contributed by atoms with E-state index in [9.17, 15) is 4.79 Å². The van der Waals surface area contributed by atoms with Crippen LogP contribution >= 0.6 is 15.9 Å². The quantitative estimate of drug-likeness (QED) is 0.850. The number of anilines is 1. The summed E-state index contributed by atoms with van der Waals surface area (Å²) >= 11 is 3.34. The summed E-state index contributed by atoms with van der Waals surface area (Å²) < 4.78 is 0.859. The molecule has 0 spiro atoms. The predicted molar refractivity (Wildman–Crippen MR) is 78.0 cm³/mol. The zero-order valence-electron chi connectivity index (χ0n) is 10.3. The van der Waals surface area contributed by atoms with Crippen molar-refractivity contribution < 1.29 is 4.79 Å². The van der Waals surface area contributed by atoms with Crippen LogP contribution in [0.2, 0.25) is 0 Å². The van der Waals surface area contributed by atoms with Gasteiger partial charge in [-0.1, -0.05) is 28.1 Å². The molecule has 0 atom stereocenters. The molecule has 94 valence electrons. The molecule has 3 nitrogen and oxygen atoms in total. The van der Waals surface area contributed by atoms with E-state index in [1.165, 1.54) is 4.90 Å². The Balaban J connectivity index is 2.31. The molecule has 0 saturated heterocycles. The van der Waals surface area contributed by atoms with Crippen molar-refractivity contribution in [3.63, 3.8) is 0 Å². The lowest BCUT2D eigenvalue weighted by atomic mass is 10.1. The first-order valence-corrected chi connectivity index (χ1v) is 6.45. The van der Waals surface area contributed by atoms with Crippen LogP contribution in [0.25, 0.3) is 0 Å². The summed E-state index contributed by atoms with van der Waals surface area (Å²) in [5.41, 5.74) is 1.83. The van der Waals surface area contributed by atoms with Crippen LogP contribution in [0.5, 0.6) is 0 Å². The van der Waals surface area contributed by atoms with Crippen LogP contribution in [0.15, 0.2) is 53.0 Å². The number of nitrogens with zero attached hydrogens (tertiary/aromatic N) is 2. The molecule has 0 unspecified atom stereocenters. The molecule has 0 aliphatic rings. The number of carbonyl (C=O) groups is 1. The van der Waals surface area contributed by atoms with Crippen LogP contribution in [0, 0.1) is 11.3 Å².